The van der Waals surface area contributed by atoms with E-state index in [9.17, 15) is 0 Å². The molecular formula is C10H12N4S2. The fraction of sp³-hybridized carbons (Fsp3) is 0.500. The fourth-order valence-electron chi connectivity index (χ4n) is 1.98. The number of fused-ring (bicyclic) bond motifs is 1. The molecule has 0 aliphatic carbocycles. The van der Waals surface area contributed by atoms with Crippen molar-refractivity contribution in [2.24, 2.45) is 0 Å². The summed E-state index contributed by atoms with van der Waals surface area (Å²) >= 11 is 6.84. The molecule has 6 heteroatoms. The summed E-state index contributed by atoms with van der Waals surface area (Å²) < 4.78 is 1.65. The van der Waals surface area contributed by atoms with Crippen LogP contribution in [0.1, 0.15) is 19.3 Å². The van der Waals surface area contributed by atoms with Crippen LogP contribution in [-0.2, 0) is 0 Å². The summed E-state index contributed by atoms with van der Waals surface area (Å²) in [7, 11) is 0. The zero-order valence-corrected chi connectivity index (χ0v) is 10.4. The Morgan fingerprint density at radius 1 is 1.31 bits per heavy atom. The van der Waals surface area contributed by atoms with Crippen molar-refractivity contribution < 1.29 is 0 Å². The van der Waals surface area contributed by atoms with Crippen LogP contribution >= 0.6 is 23.6 Å². The first-order valence-electron chi connectivity index (χ1n) is 5.44. The number of thiazole rings is 1. The number of hydrogen-bond donors (Lipinski definition) is 1. The zero-order chi connectivity index (χ0) is 11.0. The second-order valence-electron chi connectivity index (χ2n) is 3.93. The largest absolute Gasteiger partial charge is 0.348 e. The fourth-order valence-corrected chi connectivity index (χ4v) is 3.23. The van der Waals surface area contributed by atoms with Crippen molar-refractivity contribution in [2.75, 3.05) is 18.0 Å². The second kappa shape index (κ2) is 4.10. The molecule has 0 radical (unpaired) electrons. The highest BCUT2D eigenvalue weighted by molar-refractivity contribution is 7.71. The van der Waals surface area contributed by atoms with Gasteiger partial charge >= 0.3 is 0 Å². The summed E-state index contributed by atoms with van der Waals surface area (Å²) in [4.78, 5) is 14.0. The molecule has 1 saturated heterocycles. The summed E-state index contributed by atoms with van der Waals surface area (Å²) in [5.74, 6) is 0. The minimum atomic E-state index is 0.648. The van der Waals surface area contributed by atoms with Gasteiger partial charge in [-0.2, -0.15) is 0 Å². The maximum Gasteiger partial charge on any atom is 0.188 e. The smallest absolute Gasteiger partial charge is 0.188 e. The maximum absolute atomic E-state index is 5.19. The molecule has 0 unspecified atom stereocenters. The molecule has 2 aromatic heterocycles. The molecule has 2 aromatic rings. The average molecular weight is 252 g/mol. The Hall–Kier alpha value is -1.01. The molecule has 0 spiro atoms. The van der Waals surface area contributed by atoms with Gasteiger partial charge in [-0.3, -0.25) is 0 Å². The quantitative estimate of drug-likeness (QED) is 0.793. The summed E-state index contributed by atoms with van der Waals surface area (Å²) in [6, 6.07) is 0. The van der Waals surface area contributed by atoms with Crippen LogP contribution in [0.25, 0.3) is 10.3 Å². The van der Waals surface area contributed by atoms with Crippen LogP contribution in [0.4, 0.5) is 5.13 Å². The summed E-state index contributed by atoms with van der Waals surface area (Å²) in [5.41, 5.74) is 0.866. The van der Waals surface area contributed by atoms with Gasteiger partial charge in [0.05, 0.1) is 6.33 Å². The van der Waals surface area contributed by atoms with Gasteiger partial charge in [0.15, 0.2) is 10.8 Å². The highest BCUT2D eigenvalue weighted by Crippen LogP contribution is 2.29. The lowest BCUT2D eigenvalue weighted by atomic mass is 10.1. The molecule has 4 nitrogen and oxygen atoms in total. The van der Waals surface area contributed by atoms with Gasteiger partial charge in [0.2, 0.25) is 0 Å². The van der Waals surface area contributed by atoms with E-state index in [0.717, 1.165) is 28.6 Å². The second-order valence-corrected chi connectivity index (χ2v) is 5.29. The van der Waals surface area contributed by atoms with Crippen molar-refractivity contribution >= 4 is 39.0 Å². The third-order valence-electron chi connectivity index (χ3n) is 2.82. The first-order chi connectivity index (χ1) is 7.84. The Labute approximate surface area is 102 Å². The van der Waals surface area contributed by atoms with E-state index in [4.69, 9.17) is 12.2 Å². The molecule has 0 amide bonds. The van der Waals surface area contributed by atoms with E-state index < -0.39 is 0 Å². The highest BCUT2D eigenvalue weighted by atomic mass is 32.1. The molecule has 16 heavy (non-hydrogen) atoms. The van der Waals surface area contributed by atoms with E-state index in [-0.39, 0.29) is 0 Å². The highest BCUT2D eigenvalue weighted by Gasteiger charge is 2.15. The minimum absolute atomic E-state index is 0.648. The first-order valence-corrected chi connectivity index (χ1v) is 6.66. The Morgan fingerprint density at radius 3 is 2.88 bits per heavy atom. The minimum Gasteiger partial charge on any atom is -0.348 e. The Bertz CT molecular complexity index is 553. The summed E-state index contributed by atoms with van der Waals surface area (Å²) in [6.07, 6.45) is 5.48. The van der Waals surface area contributed by atoms with Gasteiger partial charge in [-0.15, -0.1) is 0 Å². The normalized spacial score (nSPS) is 16.9. The number of aromatic nitrogens is 3. The maximum atomic E-state index is 5.19. The van der Waals surface area contributed by atoms with Crippen LogP contribution in [0.2, 0.25) is 0 Å². The predicted octanol–water partition coefficient (Wildman–Crippen LogP) is 2.74. The van der Waals surface area contributed by atoms with Crippen LogP contribution < -0.4 is 4.90 Å². The first kappa shape index (κ1) is 10.2. The summed E-state index contributed by atoms with van der Waals surface area (Å²) in [5, 5.41) is 1.07. The van der Waals surface area contributed by atoms with Crippen molar-refractivity contribution in [3.8, 4) is 0 Å². The van der Waals surface area contributed by atoms with E-state index >= 15 is 0 Å². The molecule has 1 aliphatic heterocycles. The molecule has 3 heterocycles. The zero-order valence-electron chi connectivity index (χ0n) is 8.77. The number of H-pyrrole nitrogens is 1. The number of nitrogens with one attached hydrogen (secondary N) is 1. The van der Waals surface area contributed by atoms with E-state index in [2.05, 4.69) is 19.9 Å². The van der Waals surface area contributed by atoms with Crippen LogP contribution in [0, 0.1) is 4.64 Å². The van der Waals surface area contributed by atoms with Crippen LogP contribution in [0.15, 0.2) is 6.33 Å². The SMILES string of the molecule is S=c1nc[nH]c2nc(N3CCCCC3)sc12. The van der Waals surface area contributed by atoms with E-state index in [1.54, 1.807) is 17.7 Å². The lowest BCUT2D eigenvalue weighted by Crippen LogP contribution is -2.29. The van der Waals surface area contributed by atoms with Crippen LogP contribution in [0.3, 0.4) is 0 Å². The van der Waals surface area contributed by atoms with Crippen molar-refractivity contribution in [1.29, 1.82) is 0 Å². The Morgan fingerprint density at radius 2 is 2.12 bits per heavy atom. The van der Waals surface area contributed by atoms with Crippen molar-refractivity contribution in [3.05, 3.63) is 11.0 Å². The molecule has 1 fully saturated rings. The predicted molar refractivity (Wildman–Crippen MR) is 68.7 cm³/mol. The number of aromatic amines is 1. The van der Waals surface area contributed by atoms with Gasteiger partial charge in [0.25, 0.3) is 0 Å². The third-order valence-corrected chi connectivity index (χ3v) is 4.38. The lowest BCUT2D eigenvalue weighted by molar-refractivity contribution is 0.577. The van der Waals surface area contributed by atoms with Gasteiger partial charge in [-0.05, 0) is 19.3 Å². The van der Waals surface area contributed by atoms with E-state index in [0.29, 0.717) is 4.64 Å². The Balaban J connectivity index is 2.04. The van der Waals surface area contributed by atoms with Crippen molar-refractivity contribution in [2.45, 2.75) is 19.3 Å². The van der Waals surface area contributed by atoms with Crippen LogP contribution in [-0.4, -0.2) is 28.0 Å². The molecule has 0 bridgehead atoms. The topological polar surface area (TPSA) is 44.8 Å². The Kier molecular flexibility index (Phi) is 2.61. The van der Waals surface area contributed by atoms with Gasteiger partial charge in [0.1, 0.15) is 9.34 Å². The van der Waals surface area contributed by atoms with Crippen molar-refractivity contribution in [3.63, 3.8) is 0 Å². The molecular weight excluding hydrogens is 240 g/mol. The standard InChI is InChI=1S/C10H12N4S2/c15-9-7-8(11-6-12-9)13-10(16-7)14-4-2-1-3-5-14/h6H,1-5H2,(H,11,12,15). The average Bonchev–Trinajstić information content (AvgIpc) is 2.76. The number of hydrogen-bond acceptors (Lipinski definition) is 5. The molecule has 0 atom stereocenters. The van der Waals surface area contributed by atoms with Gasteiger partial charge in [-0.1, -0.05) is 23.6 Å². The molecule has 84 valence electrons. The van der Waals surface area contributed by atoms with Gasteiger partial charge in [-0.25, -0.2) is 9.97 Å². The molecule has 0 aromatic carbocycles. The molecule has 0 saturated carbocycles. The molecule has 3 rings (SSSR count). The van der Waals surface area contributed by atoms with Crippen molar-refractivity contribution in [1.82, 2.24) is 15.0 Å². The number of piperidine rings is 1. The van der Waals surface area contributed by atoms with Gasteiger partial charge < -0.3 is 9.88 Å². The van der Waals surface area contributed by atoms with E-state index in [1.807, 2.05) is 0 Å². The monoisotopic (exact) mass is 252 g/mol. The van der Waals surface area contributed by atoms with E-state index in [1.165, 1.54) is 19.3 Å². The number of nitrogens with zero attached hydrogens (tertiary/aromatic N) is 3. The number of rotatable bonds is 1. The number of anilines is 1. The third kappa shape index (κ3) is 1.72. The summed E-state index contributed by atoms with van der Waals surface area (Å²) in [6.45, 7) is 2.22. The van der Waals surface area contributed by atoms with Crippen LogP contribution in [0.5, 0.6) is 0 Å². The lowest BCUT2D eigenvalue weighted by Gasteiger charge is -2.25. The molecule has 1 aliphatic rings. The molecule has 1 N–H and O–H groups in total. The van der Waals surface area contributed by atoms with Gasteiger partial charge in [0, 0.05) is 13.1 Å².